The molecule has 0 saturated carbocycles. The van der Waals surface area contributed by atoms with Crippen molar-refractivity contribution < 1.29 is 4.74 Å². The van der Waals surface area contributed by atoms with Crippen molar-refractivity contribution in [3.05, 3.63) is 0 Å². The van der Waals surface area contributed by atoms with Gasteiger partial charge in [-0.15, -0.1) is 6.42 Å². The number of hydrogen-bond donors (Lipinski definition) is 0. The highest BCUT2D eigenvalue weighted by Gasteiger charge is 2.09. The van der Waals surface area contributed by atoms with Crippen LogP contribution in [-0.2, 0) is 4.74 Å². The van der Waals surface area contributed by atoms with Crippen molar-refractivity contribution in [2.45, 2.75) is 44.8 Å². The van der Waals surface area contributed by atoms with Crippen LogP contribution in [0.4, 0.5) is 0 Å². The average Bonchev–Trinajstić information content (AvgIpc) is 2.17. The summed E-state index contributed by atoms with van der Waals surface area (Å²) < 4.78 is 5.76. The lowest BCUT2D eigenvalue weighted by Crippen LogP contribution is -2.05. The standard InChI is InChI=1S/C11H18OS2/c1-4-7-8-9-10(5-2)14-11(13)12-6-3/h2,10H,4,6-9H2,1,3H3. The van der Waals surface area contributed by atoms with Crippen molar-refractivity contribution in [3.63, 3.8) is 0 Å². The second kappa shape index (κ2) is 9.36. The van der Waals surface area contributed by atoms with Crippen LogP contribution in [0.25, 0.3) is 0 Å². The number of ether oxygens (including phenoxy) is 1. The van der Waals surface area contributed by atoms with Crippen molar-refractivity contribution in [2.24, 2.45) is 0 Å². The highest BCUT2D eigenvalue weighted by Crippen LogP contribution is 2.19. The Bertz CT molecular complexity index is 196. The van der Waals surface area contributed by atoms with Crippen LogP contribution in [0, 0.1) is 12.3 Å². The Morgan fingerprint density at radius 2 is 2.21 bits per heavy atom. The van der Waals surface area contributed by atoms with Crippen LogP contribution in [-0.4, -0.2) is 16.2 Å². The zero-order valence-electron chi connectivity index (χ0n) is 8.91. The van der Waals surface area contributed by atoms with Crippen molar-refractivity contribution in [2.75, 3.05) is 6.61 Å². The second-order valence-corrected chi connectivity index (χ2v) is 4.76. The molecule has 0 bridgehead atoms. The van der Waals surface area contributed by atoms with Gasteiger partial charge in [-0.05, 0) is 25.6 Å². The van der Waals surface area contributed by atoms with E-state index in [2.05, 4.69) is 12.8 Å². The van der Waals surface area contributed by atoms with Gasteiger partial charge in [0.25, 0.3) is 0 Å². The van der Waals surface area contributed by atoms with Gasteiger partial charge in [0.1, 0.15) is 0 Å². The lowest BCUT2D eigenvalue weighted by molar-refractivity contribution is 0.346. The van der Waals surface area contributed by atoms with E-state index in [1.54, 1.807) is 0 Å². The molecule has 3 heteroatoms. The van der Waals surface area contributed by atoms with Crippen molar-refractivity contribution in [3.8, 4) is 12.3 Å². The predicted molar refractivity (Wildman–Crippen MR) is 68.6 cm³/mol. The van der Waals surface area contributed by atoms with Crippen LogP contribution in [0.15, 0.2) is 0 Å². The van der Waals surface area contributed by atoms with E-state index in [4.69, 9.17) is 23.4 Å². The van der Waals surface area contributed by atoms with E-state index >= 15 is 0 Å². The quantitative estimate of drug-likeness (QED) is 0.392. The Kier molecular flexibility index (Phi) is 9.23. The van der Waals surface area contributed by atoms with Gasteiger partial charge in [0.05, 0.1) is 11.9 Å². The first kappa shape index (κ1) is 13.8. The first-order valence-electron chi connectivity index (χ1n) is 5.04. The Morgan fingerprint density at radius 3 is 2.71 bits per heavy atom. The monoisotopic (exact) mass is 230 g/mol. The molecular formula is C11H18OS2. The highest BCUT2D eigenvalue weighted by molar-refractivity contribution is 8.23. The Labute approximate surface area is 97.0 Å². The number of thiocarbonyl (C=S) groups is 1. The largest absolute Gasteiger partial charge is 0.479 e. The second-order valence-electron chi connectivity index (χ2n) is 2.95. The molecule has 0 rings (SSSR count). The molecule has 0 aromatic heterocycles. The third-order valence-corrected chi connectivity index (χ3v) is 3.13. The summed E-state index contributed by atoms with van der Waals surface area (Å²) in [6.45, 7) is 4.73. The molecule has 1 nitrogen and oxygen atoms in total. The fraction of sp³-hybridized carbons (Fsp3) is 0.727. The van der Waals surface area contributed by atoms with Crippen LogP contribution < -0.4 is 0 Å². The Morgan fingerprint density at radius 1 is 1.50 bits per heavy atom. The zero-order valence-corrected chi connectivity index (χ0v) is 10.5. The van der Waals surface area contributed by atoms with Crippen LogP contribution in [0.2, 0.25) is 0 Å². The molecule has 0 fully saturated rings. The lowest BCUT2D eigenvalue weighted by atomic mass is 10.1. The van der Waals surface area contributed by atoms with Crippen LogP contribution >= 0.6 is 24.0 Å². The average molecular weight is 230 g/mol. The maximum Gasteiger partial charge on any atom is 0.221 e. The summed E-state index contributed by atoms with van der Waals surface area (Å²) >= 11 is 6.51. The molecular weight excluding hydrogens is 212 g/mol. The van der Waals surface area contributed by atoms with E-state index in [0.717, 1.165) is 6.42 Å². The molecule has 0 aliphatic heterocycles. The highest BCUT2D eigenvalue weighted by atomic mass is 32.2. The van der Waals surface area contributed by atoms with Gasteiger partial charge < -0.3 is 4.74 Å². The molecule has 0 aliphatic carbocycles. The molecule has 0 spiro atoms. The van der Waals surface area contributed by atoms with Gasteiger partial charge >= 0.3 is 0 Å². The van der Waals surface area contributed by atoms with E-state index in [1.807, 2.05) is 6.92 Å². The van der Waals surface area contributed by atoms with Gasteiger partial charge in [-0.2, -0.15) is 0 Å². The number of thioether (sulfide) groups is 1. The van der Waals surface area contributed by atoms with Gasteiger partial charge in [-0.25, -0.2) is 0 Å². The molecule has 1 unspecified atom stereocenters. The SMILES string of the molecule is C#CC(CCCCC)SC(=S)OCC. The molecule has 0 aromatic carbocycles. The van der Waals surface area contributed by atoms with Crippen molar-refractivity contribution >= 4 is 28.4 Å². The van der Waals surface area contributed by atoms with Crippen LogP contribution in [0.5, 0.6) is 0 Å². The Balaban J connectivity index is 3.68. The molecule has 0 aliphatic rings. The Hall–Kier alpha value is -0.200. The third-order valence-electron chi connectivity index (χ3n) is 1.76. The van der Waals surface area contributed by atoms with Gasteiger partial charge in [0.15, 0.2) is 0 Å². The van der Waals surface area contributed by atoms with Crippen molar-refractivity contribution in [1.29, 1.82) is 0 Å². The summed E-state index contributed by atoms with van der Waals surface area (Å²) in [6.07, 6.45) is 10.1. The molecule has 14 heavy (non-hydrogen) atoms. The molecule has 0 aromatic rings. The third kappa shape index (κ3) is 7.23. The number of hydrogen-bond acceptors (Lipinski definition) is 3. The summed E-state index contributed by atoms with van der Waals surface area (Å²) in [4.78, 5) is 0. The van der Waals surface area contributed by atoms with Gasteiger partial charge in [0, 0.05) is 0 Å². The van der Waals surface area contributed by atoms with Gasteiger partial charge in [-0.3, -0.25) is 0 Å². The lowest BCUT2D eigenvalue weighted by Gasteiger charge is -2.10. The minimum Gasteiger partial charge on any atom is -0.479 e. The van der Waals surface area contributed by atoms with E-state index in [0.29, 0.717) is 11.0 Å². The molecule has 0 amide bonds. The topological polar surface area (TPSA) is 9.23 Å². The fourth-order valence-electron chi connectivity index (χ4n) is 1.02. The smallest absolute Gasteiger partial charge is 0.221 e. The first-order chi connectivity index (χ1) is 6.74. The zero-order chi connectivity index (χ0) is 10.8. The molecule has 0 radical (unpaired) electrons. The fourth-order valence-corrected chi connectivity index (χ4v) is 2.26. The molecule has 1 atom stereocenters. The maximum absolute atomic E-state index is 5.41. The summed E-state index contributed by atoms with van der Waals surface area (Å²) in [6, 6.07) is 0. The van der Waals surface area contributed by atoms with E-state index in [1.165, 1.54) is 31.0 Å². The van der Waals surface area contributed by atoms with Gasteiger partial charge in [-0.1, -0.05) is 43.9 Å². The summed E-state index contributed by atoms with van der Waals surface area (Å²) in [5.41, 5.74) is 0. The predicted octanol–water partition coefficient (Wildman–Crippen LogP) is 3.62. The molecule has 0 heterocycles. The molecule has 80 valence electrons. The molecule has 0 saturated heterocycles. The summed E-state index contributed by atoms with van der Waals surface area (Å²) in [5, 5.41) is 0.181. The first-order valence-corrected chi connectivity index (χ1v) is 6.32. The summed E-state index contributed by atoms with van der Waals surface area (Å²) in [5.74, 6) is 2.75. The summed E-state index contributed by atoms with van der Waals surface area (Å²) in [7, 11) is 0. The normalized spacial score (nSPS) is 11.8. The number of rotatable bonds is 6. The molecule has 0 N–H and O–H groups in total. The van der Waals surface area contributed by atoms with Gasteiger partial charge in [0.2, 0.25) is 4.38 Å². The number of terminal acetylenes is 1. The van der Waals surface area contributed by atoms with Crippen LogP contribution in [0.3, 0.4) is 0 Å². The van der Waals surface area contributed by atoms with Crippen molar-refractivity contribution in [1.82, 2.24) is 0 Å². The number of unbranched alkanes of at least 4 members (excludes halogenated alkanes) is 2. The minimum absolute atomic E-state index is 0.181. The minimum atomic E-state index is 0.181. The van der Waals surface area contributed by atoms with E-state index in [-0.39, 0.29) is 5.25 Å². The van der Waals surface area contributed by atoms with E-state index < -0.39 is 0 Å². The van der Waals surface area contributed by atoms with Crippen LogP contribution in [0.1, 0.15) is 39.5 Å². The van der Waals surface area contributed by atoms with E-state index in [9.17, 15) is 0 Å². The maximum atomic E-state index is 5.41.